The summed E-state index contributed by atoms with van der Waals surface area (Å²) in [5.41, 5.74) is 1.41. The molecule has 1 N–H and O–H groups in total. The Balaban J connectivity index is 2.79. The highest BCUT2D eigenvalue weighted by molar-refractivity contribution is 5.87. The van der Waals surface area contributed by atoms with Crippen LogP contribution in [-0.2, 0) is 14.3 Å². The minimum Gasteiger partial charge on any atom is -0.468 e. The van der Waals surface area contributed by atoms with Gasteiger partial charge in [-0.3, -0.25) is 9.59 Å². The number of esters is 1. The average Bonchev–Trinajstić information content (AvgIpc) is 2.31. The fourth-order valence-electron chi connectivity index (χ4n) is 1.23. The topological polar surface area (TPSA) is 68.3 Å². The molecule has 0 aromatic carbocycles. The second kappa shape index (κ2) is 6.40. The summed E-state index contributed by atoms with van der Waals surface area (Å²) < 4.78 is 4.48. The fraction of sp³-hybridized carbons (Fsp3) is 0.308. The van der Waals surface area contributed by atoms with Crippen LogP contribution in [0.1, 0.15) is 24.6 Å². The molecule has 18 heavy (non-hydrogen) atoms. The fourth-order valence-corrected chi connectivity index (χ4v) is 1.23. The lowest BCUT2D eigenvalue weighted by atomic mass is 10.2. The van der Waals surface area contributed by atoms with Crippen LogP contribution in [0.5, 0.6) is 0 Å². The van der Waals surface area contributed by atoms with Crippen LogP contribution in [0.25, 0.3) is 0 Å². The first-order valence-corrected chi connectivity index (χ1v) is 5.34. The average molecular weight is 246 g/mol. The molecular formula is C13H14N2O3. The molecule has 1 aromatic heterocycles. The molecule has 0 saturated heterocycles. The van der Waals surface area contributed by atoms with E-state index >= 15 is 0 Å². The Morgan fingerprint density at radius 2 is 2.17 bits per heavy atom. The van der Waals surface area contributed by atoms with E-state index < -0.39 is 0 Å². The van der Waals surface area contributed by atoms with Gasteiger partial charge in [0.2, 0.25) is 5.91 Å². The number of anilines is 1. The normalized spacial score (nSPS) is 9.06. The number of carbonyl (C=O) groups is 2. The molecule has 0 fully saturated rings. The quantitative estimate of drug-likeness (QED) is 0.630. The summed E-state index contributed by atoms with van der Waals surface area (Å²) in [5, 5.41) is 2.58. The van der Waals surface area contributed by atoms with Crippen molar-refractivity contribution in [3.05, 3.63) is 23.4 Å². The van der Waals surface area contributed by atoms with Crippen molar-refractivity contribution in [3.8, 4) is 11.8 Å². The molecule has 5 nitrogen and oxygen atoms in total. The number of pyridine rings is 1. The Hall–Kier alpha value is -2.35. The molecule has 0 atom stereocenters. The maximum absolute atomic E-state index is 10.9. The van der Waals surface area contributed by atoms with Crippen LogP contribution in [0.15, 0.2) is 12.1 Å². The van der Waals surface area contributed by atoms with Crippen molar-refractivity contribution in [1.82, 2.24) is 4.98 Å². The van der Waals surface area contributed by atoms with Crippen molar-refractivity contribution in [1.29, 1.82) is 0 Å². The first-order valence-electron chi connectivity index (χ1n) is 5.34. The van der Waals surface area contributed by atoms with Crippen molar-refractivity contribution in [2.45, 2.75) is 20.3 Å². The third-order valence-electron chi connectivity index (χ3n) is 2.07. The molecule has 0 unspecified atom stereocenters. The molecule has 1 aromatic rings. The first kappa shape index (κ1) is 13.7. The molecule has 0 saturated carbocycles. The second-order valence-electron chi connectivity index (χ2n) is 3.57. The van der Waals surface area contributed by atoms with Crippen LogP contribution >= 0.6 is 0 Å². The number of nitrogens with zero attached hydrogens (tertiary/aromatic N) is 1. The van der Waals surface area contributed by atoms with E-state index in [1.54, 1.807) is 19.1 Å². The molecule has 0 radical (unpaired) electrons. The molecule has 94 valence electrons. The lowest BCUT2D eigenvalue weighted by Crippen LogP contribution is -2.08. The van der Waals surface area contributed by atoms with E-state index in [4.69, 9.17) is 0 Å². The van der Waals surface area contributed by atoms with E-state index in [1.807, 2.05) is 0 Å². The highest BCUT2D eigenvalue weighted by Gasteiger charge is 2.01. The number of hydrogen-bond donors (Lipinski definition) is 1. The Kier molecular flexibility index (Phi) is 4.88. The zero-order chi connectivity index (χ0) is 13.5. The predicted octanol–water partition coefficient (Wildman–Crippen LogP) is 1.26. The van der Waals surface area contributed by atoms with Gasteiger partial charge in [0, 0.05) is 12.5 Å². The van der Waals surface area contributed by atoms with Crippen molar-refractivity contribution < 1.29 is 14.3 Å². The Labute approximate surface area is 106 Å². The number of ether oxygens (including phenoxy) is 1. The minimum absolute atomic E-state index is 0.0450. The van der Waals surface area contributed by atoms with Crippen LogP contribution < -0.4 is 5.32 Å². The number of aryl methyl sites for hydroxylation is 1. The molecule has 5 heteroatoms. The zero-order valence-electron chi connectivity index (χ0n) is 10.5. The molecule has 0 aliphatic heterocycles. The molecule has 1 amide bonds. The van der Waals surface area contributed by atoms with Gasteiger partial charge in [0.1, 0.15) is 12.2 Å². The van der Waals surface area contributed by atoms with Gasteiger partial charge < -0.3 is 10.1 Å². The van der Waals surface area contributed by atoms with Crippen LogP contribution in [-0.4, -0.2) is 24.0 Å². The van der Waals surface area contributed by atoms with E-state index in [-0.39, 0.29) is 18.3 Å². The van der Waals surface area contributed by atoms with Gasteiger partial charge in [-0.2, -0.15) is 0 Å². The number of carbonyl (C=O) groups excluding carboxylic acids is 2. The van der Waals surface area contributed by atoms with E-state index in [1.165, 1.54) is 14.0 Å². The van der Waals surface area contributed by atoms with Gasteiger partial charge in [0.15, 0.2) is 0 Å². The zero-order valence-corrected chi connectivity index (χ0v) is 10.5. The monoisotopic (exact) mass is 246 g/mol. The largest absolute Gasteiger partial charge is 0.468 e. The Morgan fingerprint density at radius 1 is 1.44 bits per heavy atom. The van der Waals surface area contributed by atoms with Gasteiger partial charge in [0.25, 0.3) is 0 Å². The predicted molar refractivity (Wildman–Crippen MR) is 66.8 cm³/mol. The lowest BCUT2D eigenvalue weighted by molar-refractivity contribution is -0.139. The van der Waals surface area contributed by atoms with E-state index in [9.17, 15) is 9.59 Å². The van der Waals surface area contributed by atoms with Crippen LogP contribution in [0.3, 0.4) is 0 Å². The van der Waals surface area contributed by atoms with Crippen molar-refractivity contribution >= 4 is 17.7 Å². The second-order valence-corrected chi connectivity index (χ2v) is 3.57. The molecule has 0 aliphatic carbocycles. The maximum Gasteiger partial charge on any atom is 0.317 e. The van der Waals surface area contributed by atoms with Crippen LogP contribution in [0.2, 0.25) is 0 Å². The molecular weight excluding hydrogens is 232 g/mol. The first-order chi connectivity index (χ1) is 8.52. The lowest BCUT2D eigenvalue weighted by Gasteiger charge is -2.03. The molecule has 0 aliphatic rings. The van der Waals surface area contributed by atoms with Gasteiger partial charge in [-0.15, -0.1) is 0 Å². The number of methoxy groups -OCH3 is 1. The Morgan fingerprint density at radius 3 is 2.72 bits per heavy atom. The van der Waals surface area contributed by atoms with E-state index in [2.05, 4.69) is 26.9 Å². The van der Waals surface area contributed by atoms with Gasteiger partial charge in [0.05, 0.1) is 12.8 Å². The SMILES string of the molecule is COC(=O)CC#Cc1ccc(NC(C)=O)nc1C. The van der Waals surface area contributed by atoms with Crippen molar-refractivity contribution in [3.63, 3.8) is 0 Å². The van der Waals surface area contributed by atoms with Gasteiger partial charge in [-0.05, 0) is 19.1 Å². The van der Waals surface area contributed by atoms with Crippen LogP contribution in [0, 0.1) is 18.8 Å². The summed E-state index contributed by atoms with van der Waals surface area (Å²) in [6.45, 7) is 3.20. The molecule has 1 rings (SSSR count). The van der Waals surface area contributed by atoms with Crippen molar-refractivity contribution in [2.75, 3.05) is 12.4 Å². The summed E-state index contributed by atoms with van der Waals surface area (Å²) in [6, 6.07) is 3.41. The van der Waals surface area contributed by atoms with E-state index in [0.717, 1.165) is 0 Å². The number of aromatic nitrogens is 1. The summed E-state index contributed by atoms with van der Waals surface area (Å²) in [7, 11) is 1.32. The highest BCUT2D eigenvalue weighted by atomic mass is 16.5. The smallest absolute Gasteiger partial charge is 0.317 e. The molecule has 0 spiro atoms. The third-order valence-corrected chi connectivity index (χ3v) is 2.07. The van der Waals surface area contributed by atoms with Crippen molar-refractivity contribution in [2.24, 2.45) is 0 Å². The third kappa shape index (κ3) is 4.26. The number of hydrogen-bond acceptors (Lipinski definition) is 4. The summed E-state index contributed by atoms with van der Waals surface area (Å²) in [4.78, 5) is 25.9. The van der Waals surface area contributed by atoms with Gasteiger partial charge in [-0.25, -0.2) is 4.98 Å². The van der Waals surface area contributed by atoms with E-state index in [0.29, 0.717) is 17.1 Å². The summed E-state index contributed by atoms with van der Waals surface area (Å²) in [5.74, 6) is 5.47. The number of nitrogens with one attached hydrogen (secondary N) is 1. The molecule has 1 heterocycles. The Bertz CT molecular complexity index is 527. The van der Waals surface area contributed by atoms with Gasteiger partial charge in [-0.1, -0.05) is 11.8 Å². The highest BCUT2D eigenvalue weighted by Crippen LogP contribution is 2.09. The minimum atomic E-state index is -0.372. The van der Waals surface area contributed by atoms with Crippen LogP contribution in [0.4, 0.5) is 5.82 Å². The molecule has 0 bridgehead atoms. The standard InChI is InChI=1S/C13H14N2O3/c1-9-11(5-4-6-13(17)18-3)7-8-12(14-9)15-10(2)16/h7-8H,6H2,1-3H3,(H,14,15,16). The maximum atomic E-state index is 10.9. The number of rotatable bonds is 2. The summed E-state index contributed by atoms with van der Waals surface area (Å²) in [6.07, 6.45) is 0.0450. The number of amides is 1. The summed E-state index contributed by atoms with van der Waals surface area (Å²) >= 11 is 0. The van der Waals surface area contributed by atoms with Gasteiger partial charge >= 0.3 is 5.97 Å².